The van der Waals surface area contributed by atoms with Crippen LogP contribution in [0.4, 0.5) is 0 Å². The quantitative estimate of drug-likeness (QED) is 0.0596. The number of amides is 4. The van der Waals surface area contributed by atoms with E-state index >= 15 is 0 Å². The highest BCUT2D eigenvalue weighted by molar-refractivity contribution is 5.91. The van der Waals surface area contributed by atoms with E-state index < -0.39 is 35.0 Å². The summed E-state index contributed by atoms with van der Waals surface area (Å²) in [5, 5.41) is 12.2. The Kier molecular flexibility index (Phi) is 20.2. The molecule has 6 rings (SSSR count). The summed E-state index contributed by atoms with van der Waals surface area (Å²) in [6.07, 6.45) is 5.55. The van der Waals surface area contributed by atoms with E-state index in [9.17, 15) is 19.2 Å². The highest BCUT2D eigenvalue weighted by Gasteiger charge is 2.42. The number of benzene rings is 4. The lowest BCUT2D eigenvalue weighted by Crippen LogP contribution is -2.59. The first-order valence-electron chi connectivity index (χ1n) is 26.6. The second-order valence-corrected chi connectivity index (χ2v) is 22.6. The number of likely N-dealkylation sites (tertiary alicyclic amines) is 2. The minimum atomic E-state index is -0.624. The maximum absolute atomic E-state index is 14.3. The summed E-state index contributed by atoms with van der Waals surface area (Å²) in [6, 6.07) is 37.1. The van der Waals surface area contributed by atoms with Crippen LogP contribution in [0.5, 0.6) is 0 Å². The smallest absolute Gasteiger partial charge is 0.245 e. The molecule has 0 aliphatic carbocycles. The van der Waals surface area contributed by atoms with E-state index in [2.05, 4.69) is 140 Å². The van der Waals surface area contributed by atoms with Crippen LogP contribution in [0.1, 0.15) is 103 Å². The molecule has 0 bridgehead atoms. The number of hydrogen-bond donors (Lipinski definition) is 4. The second kappa shape index (κ2) is 26.0. The molecule has 2 aliphatic heterocycles. The Hall–Kier alpha value is -5.40. The van der Waals surface area contributed by atoms with Gasteiger partial charge in [0.25, 0.3) is 0 Å². The summed E-state index contributed by atoms with van der Waals surface area (Å²) >= 11 is 0. The van der Waals surface area contributed by atoms with Crippen LogP contribution in [0.2, 0.25) is 0 Å². The van der Waals surface area contributed by atoms with E-state index in [1.165, 1.54) is 22.3 Å². The number of carbonyl (C=O) groups is 4. The van der Waals surface area contributed by atoms with Crippen LogP contribution in [0.25, 0.3) is 11.1 Å². The van der Waals surface area contributed by atoms with Gasteiger partial charge in [0.05, 0.1) is 12.1 Å². The van der Waals surface area contributed by atoms with Gasteiger partial charge in [-0.25, -0.2) is 0 Å². The first-order valence-corrected chi connectivity index (χ1v) is 26.6. The first-order chi connectivity index (χ1) is 34.3. The lowest BCUT2D eigenvalue weighted by atomic mass is 9.85. The van der Waals surface area contributed by atoms with Crippen LogP contribution in [-0.2, 0) is 45.1 Å². The Balaban J connectivity index is 1.14. The van der Waals surface area contributed by atoms with Gasteiger partial charge in [0.1, 0.15) is 12.1 Å². The minimum Gasteiger partial charge on any atom is -0.342 e. The first kappa shape index (κ1) is 55.9. The summed E-state index contributed by atoms with van der Waals surface area (Å²) in [5.41, 5.74) is 6.43. The van der Waals surface area contributed by atoms with Gasteiger partial charge in [-0.05, 0) is 111 Å². The van der Waals surface area contributed by atoms with E-state index in [1.807, 2.05) is 65.2 Å². The van der Waals surface area contributed by atoms with Crippen molar-refractivity contribution >= 4 is 23.6 Å². The average molecular weight is 983 g/mol. The molecule has 6 atom stereocenters. The molecule has 2 saturated heterocycles. The minimum absolute atomic E-state index is 0.0000967. The molecule has 0 spiro atoms. The summed E-state index contributed by atoms with van der Waals surface area (Å²) in [4.78, 5) is 63.8. The zero-order valence-corrected chi connectivity index (χ0v) is 45.2. The van der Waals surface area contributed by atoms with Crippen molar-refractivity contribution in [2.75, 3.05) is 53.4 Å². The van der Waals surface area contributed by atoms with Gasteiger partial charge in [-0.3, -0.25) is 29.0 Å². The Morgan fingerprint density at radius 2 is 0.875 bits per heavy atom. The fourth-order valence-corrected chi connectivity index (χ4v) is 10.1. The maximum atomic E-state index is 14.3. The topological polar surface area (TPSA) is 129 Å². The molecule has 4 aromatic carbocycles. The van der Waals surface area contributed by atoms with E-state index in [0.717, 1.165) is 88.9 Å². The fraction of sp³-hybridized carbons (Fsp3) is 0.533. The maximum Gasteiger partial charge on any atom is 0.245 e. The molecular formula is C60H86N8O4. The molecule has 0 saturated carbocycles. The van der Waals surface area contributed by atoms with Crippen LogP contribution >= 0.6 is 0 Å². The molecule has 0 aromatic heterocycles. The summed E-state index contributed by atoms with van der Waals surface area (Å²) in [6.45, 7) is 21.9. The van der Waals surface area contributed by atoms with Crippen LogP contribution in [0.3, 0.4) is 0 Å². The lowest BCUT2D eigenvalue weighted by Gasteiger charge is -2.37. The molecular weight excluding hydrogens is 897 g/mol. The highest BCUT2D eigenvalue weighted by Crippen LogP contribution is 2.30. The monoisotopic (exact) mass is 983 g/mol. The van der Waals surface area contributed by atoms with Crippen molar-refractivity contribution in [3.05, 3.63) is 131 Å². The molecule has 2 fully saturated rings. The van der Waals surface area contributed by atoms with Crippen molar-refractivity contribution in [3.8, 4) is 11.1 Å². The third kappa shape index (κ3) is 15.8. The molecule has 2 aliphatic rings. The van der Waals surface area contributed by atoms with Crippen LogP contribution in [0.15, 0.2) is 109 Å². The largest absolute Gasteiger partial charge is 0.342 e. The Bertz CT molecular complexity index is 2160. The molecule has 2 heterocycles. The number of carbonyl (C=O) groups excluding carboxylic acids is 4. The van der Waals surface area contributed by atoms with Gasteiger partial charge in [-0.15, -0.1) is 0 Å². The van der Waals surface area contributed by atoms with Gasteiger partial charge in [0, 0.05) is 64.4 Å². The van der Waals surface area contributed by atoms with Gasteiger partial charge in [-0.2, -0.15) is 0 Å². The van der Waals surface area contributed by atoms with E-state index in [1.54, 1.807) is 14.1 Å². The van der Waals surface area contributed by atoms with Crippen molar-refractivity contribution < 1.29 is 19.2 Å². The normalized spacial score (nSPS) is 18.0. The van der Waals surface area contributed by atoms with Crippen LogP contribution < -0.4 is 21.3 Å². The second-order valence-electron chi connectivity index (χ2n) is 22.6. The zero-order chi connectivity index (χ0) is 52.0. The highest BCUT2D eigenvalue weighted by atomic mass is 16.2. The molecule has 0 unspecified atom stereocenters. The summed E-state index contributed by atoms with van der Waals surface area (Å²) in [7, 11) is 3.51. The molecule has 4 N–H and O–H groups in total. The number of likely N-dealkylation sites (N-methyl/N-ethyl adjacent to an activating group) is 2. The lowest BCUT2D eigenvalue weighted by molar-refractivity contribution is -0.141. The van der Waals surface area contributed by atoms with Gasteiger partial charge >= 0.3 is 0 Å². The zero-order valence-electron chi connectivity index (χ0n) is 45.2. The third-order valence-corrected chi connectivity index (χ3v) is 14.9. The van der Waals surface area contributed by atoms with Crippen molar-refractivity contribution in [1.29, 1.82) is 0 Å². The molecule has 72 heavy (non-hydrogen) atoms. The predicted octanol–water partition coefficient (Wildman–Crippen LogP) is 7.70. The van der Waals surface area contributed by atoms with Crippen LogP contribution in [-0.4, -0.2) is 133 Å². The molecule has 390 valence electrons. The van der Waals surface area contributed by atoms with Gasteiger partial charge in [0.2, 0.25) is 23.6 Å². The van der Waals surface area contributed by atoms with Gasteiger partial charge in [-0.1, -0.05) is 151 Å². The molecule has 4 amide bonds. The van der Waals surface area contributed by atoms with Crippen molar-refractivity contribution in [2.24, 2.45) is 10.8 Å². The van der Waals surface area contributed by atoms with Crippen molar-refractivity contribution in [2.45, 2.75) is 143 Å². The standard InChI is InChI=1S/C60H86N8O4/c1-43(61-9)55(69)63-53(59(3,4)5)57(71)67-35-17-23-51(67)41-65(37-33-45-19-13-11-14-20-45)39-47-25-29-49(30-26-47)50-31-27-48(28-32-50)40-66(38-34-46-21-15-12-16-22-46)42-52-24-18-36-68(52)58(72)54(60(6,7)8)64-56(70)44(2)62-10/h11-16,19-22,25-32,43-44,51-54,61-62H,17-18,23-24,33-42H2,1-10H3,(H,63,69)(H,64,70)/t43-,44-,51-,52-,53+,54+/m0/s1. The van der Waals surface area contributed by atoms with Gasteiger partial charge < -0.3 is 31.1 Å². The van der Waals surface area contributed by atoms with Crippen molar-refractivity contribution in [3.63, 3.8) is 0 Å². The Morgan fingerprint density at radius 3 is 1.19 bits per heavy atom. The fourth-order valence-electron chi connectivity index (χ4n) is 10.1. The predicted molar refractivity (Wildman–Crippen MR) is 292 cm³/mol. The summed E-state index contributed by atoms with van der Waals surface area (Å²) < 4.78 is 0. The molecule has 12 heteroatoms. The molecule has 0 radical (unpaired) electrons. The van der Waals surface area contributed by atoms with Crippen LogP contribution in [0, 0.1) is 10.8 Å². The SMILES string of the molecule is CN[C@@H](C)C(=O)N[C@H](C(=O)N1CCC[C@H]1CN(CCc1ccccc1)Cc1ccc(-c2ccc(CN(CCc3ccccc3)C[C@@H]3CCCN3C(=O)[C@@H](NC(=O)[C@H](C)NC)C(C)(C)C)cc2)cc1)C(C)(C)C. The number of nitrogens with zero attached hydrogens (tertiary/aromatic N) is 4. The molecule has 12 nitrogen and oxygen atoms in total. The number of rotatable bonds is 23. The average Bonchev–Trinajstić information content (AvgIpc) is 4.05. The van der Waals surface area contributed by atoms with E-state index in [-0.39, 0.29) is 35.7 Å². The van der Waals surface area contributed by atoms with Crippen molar-refractivity contribution in [1.82, 2.24) is 40.9 Å². The van der Waals surface area contributed by atoms with Gasteiger partial charge in [0.15, 0.2) is 0 Å². The molecule has 4 aromatic rings. The Labute approximate surface area is 432 Å². The summed E-state index contributed by atoms with van der Waals surface area (Å²) in [5.74, 6) is -0.335. The third-order valence-electron chi connectivity index (χ3n) is 14.9. The number of nitrogens with one attached hydrogen (secondary N) is 4. The number of hydrogen-bond acceptors (Lipinski definition) is 8. The van der Waals surface area contributed by atoms with E-state index in [4.69, 9.17) is 0 Å². The van der Waals surface area contributed by atoms with E-state index in [0.29, 0.717) is 13.1 Å². The Morgan fingerprint density at radius 1 is 0.528 bits per heavy atom.